The predicted molar refractivity (Wildman–Crippen MR) is 64.2 cm³/mol. The number of hydrogen-bond acceptors (Lipinski definition) is 2. The smallest absolute Gasteiger partial charge is 0.306 e. The van der Waals surface area contributed by atoms with Gasteiger partial charge in [-0.1, -0.05) is 23.7 Å². The first-order valence-corrected chi connectivity index (χ1v) is 5.98. The molecule has 2 atom stereocenters. The number of aliphatic carboxylic acids is 1. The van der Waals surface area contributed by atoms with Crippen molar-refractivity contribution in [2.24, 2.45) is 11.8 Å². The second-order valence-corrected chi connectivity index (χ2v) is 4.86. The number of carboxylic acids is 1. The molecule has 17 heavy (non-hydrogen) atoms. The number of Topliss-reactive ketones (excluding diaryl/α,β-unsaturated/α-hetero) is 1. The minimum absolute atomic E-state index is 0.0104. The van der Waals surface area contributed by atoms with Crippen molar-refractivity contribution >= 4 is 23.4 Å². The van der Waals surface area contributed by atoms with E-state index >= 15 is 0 Å². The van der Waals surface area contributed by atoms with Crippen molar-refractivity contribution in [1.82, 2.24) is 0 Å². The fourth-order valence-electron chi connectivity index (χ4n) is 2.32. The lowest BCUT2D eigenvalue weighted by molar-refractivity contribution is -0.141. The third-order valence-corrected chi connectivity index (χ3v) is 3.50. The molecule has 1 aliphatic carbocycles. The Morgan fingerprint density at radius 3 is 2.53 bits per heavy atom. The Balaban J connectivity index is 2.09. The van der Waals surface area contributed by atoms with Gasteiger partial charge in [-0.25, -0.2) is 0 Å². The molecule has 1 aromatic rings. The Kier molecular flexibility index (Phi) is 3.48. The average molecular weight is 253 g/mol. The molecular formula is C13H13ClO3. The van der Waals surface area contributed by atoms with Gasteiger partial charge in [0.1, 0.15) is 0 Å². The average Bonchev–Trinajstić information content (AvgIpc) is 2.77. The third kappa shape index (κ3) is 2.67. The summed E-state index contributed by atoms with van der Waals surface area (Å²) < 4.78 is 0. The van der Waals surface area contributed by atoms with E-state index in [0.29, 0.717) is 29.8 Å². The summed E-state index contributed by atoms with van der Waals surface area (Å²) in [4.78, 5) is 22.9. The van der Waals surface area contributed by atoms with Gasteiger partial charge >= 0.3 is 5.97 Å². The lowest BCUT2D eigenvalue weighted by Gasteiger charge is -2.08. The van der Waals surface area contributed by atoms with Crippen molar-refractivity contribution in [1.29, 1.82) is 0 Å². The lowest BCUT2D eigenvalue weighted by Crippen LogP contribution is -2.14. The standard InChI is InChI=1S/C13H13ClO3/c14-11-3-1-2-8(7-11)12(15)9-4-5-10(6-9)13(16)17/h1-3,7,9-10H,4-6H2,(H,16,17)/t9-,10+/m0/s1. The van der Waals surface area contributed by atoms with Crippen molar-refractivity contribution < 1.29 is 14.7 Å². The molecule has 0 saturated heterocycles. The zero-order valence-corrected chi connectivity index (χ0v) is 9.98. The van der Waals surface area contributed by atoms with E-state index < -0.39 is 5.97 Å². The molecule has 0 spiro atoms. The van der Waals surface area contributed by atoms with Crippen molar-refractivity contribution in [2.45, 2.75) is 19.3 Å². The molecule has 0 radical (unpaired) electrons. The summed E-state index contributed by atoms with van der Waals surface area (Å²) in [5, 5.41) is 9.43. The van der Waals surface area contributed by atoms with E-state index in [0.717, 1.165) is 0 Å². The zero-order valence-electron chi connectivity index (χ0n) is 9.23. The molecular weight excluding hydrogens is 240 g/mol. The van der Waals surface area contributed by atoms with E-state index in [9.17, 15) is 9.59 Å². The number of hydrogen-bond donors (Lipinski definition) is 1. The fourth-order valence-corrected chi connectivity index (χ4v) is 2.51. The molecule has 1 aromatic carbocycles. The monoisotopic (exact) mass is 252 g/mol. The minimum Gasteiger partial charge on any atom is -0.481 e. The maximum atomic E-state index is 12.1. The Labute approximate surface area is 104 Å². The number of benzene rings is 1. The number of ketones is 1. The molecule has 0 amide bonds. The first-order chi connectivity index (χ1) is 8.08. The van der Waals surface area contributed by atoms with Gasteiger partial charge in [-0.15, -0.1) is 0 Å². The molecule has 1 N–H and O–H groups in total. The first kappa shape index (κ1) is 12.1. The second kappa shape index (κ2) is 4.88. The summed E-state index contributed by atoms with van der Waals surface area (Å²) >= 11 is 5.83. The number of rotatable bonds is 3. The molecule has 0 heterocycles. The summed E-state index contributed by atoms with van der Waals surface area (Å²) in [6, 6.07) is 6.81. The van der Waals surface area contributed by atoms with Crippen LogP contribution in [0.3, 0.4) is 0 Å². The SMILES string of the molecule is O=C(O)[C@@H]1CC[C@H](C(=O)c2cccc(Cl)c2)C1. The quantitative estimate of drug-likeness (QED) is 0.842. The largest absolute Gasteiger partial charge is 0.481 e. The number of halogens is 1. The van der Waals surface area contributed by atoms with E-state index in [-0.39, 0.29) is 17.6 Å². The van der Waals surface area contributed by atoms with Crippen LogP contribution < -0.4 is 0 Å². The van der Waals surface area contributed by atoms with Crippen molar-refractivity contribution in [3.63, 3.8) is 0 Å². The van der Waals surface area contributed by atoms with Crippen molar-refractivity contribution in [2.75, 3.05) is 0 Å². The minimum atomic E-state index is -0.800. The summed E-state index contributed by atoms with van der Waals surface area (Å²) in [7, 11) is 0. The van der Waals surface area contributed by atoms with Gasteiger partial charge in [0.2, 0.25) is 0 Å². The lowest BCUT2D eigenvalue weighted by atomic mass is 9.95. The molecule has 4 heteroatoms. The van der Waals surface area contributed by atoms with Gasteiger partial charge in [-0.2, -0.15) is 0 Å². The van der Waals surface area contributed by atoms with Crippen molar-refractivity contribution in [3.05, 3.63) is 34.9 Å². The predicted octanol–water partition coefficient (Wildman–Crippen LogP) is 3.02. The molecule has 1 saturated carbocycles. The van der Waals surface area contributed by atoms with Gasteiger partial charge in [-0.3, -0.25) is 9.59 Å². The number of carbonyl (C=O) groups excluding carboxylic acids is 1. The van der Waals surface area contributed by atoms with Gasteiger partial charge in [0.25, 0.3) is 0 Å². The fraction of sp³-hybridized carbons (Fsp3) is 0.385. The van der Waals surface area contributed by atoms with Crippen LogP contribution in [0.25, 0.3) is 0 Å². The number of carbonyl (C=O) groups is 2. The Morgan fingerprint density at radius 2 is 1.94 bits per heavy atom. The highest BCUT2D eigenvalue weighted by atomic mass is 35.5. The molecule has 0 bridgehead atoms. The summed E-state index contributed by atoms with van der Waals surface area (Å²) in [5.41, 5.74) is 0.577. The Morgan fingerprint density at radius 1 is 1.24 bits per heavy atom. The van der Waals surface area contributed by atoms with Crippen LogP contribution in [0.2, 0.25) is 5.02 Å². The van der Waals surface area contributed by atoms with Crippen molar-refractivity contribution in [3.8, 4) is 0 Å². The van der Waals surface area contributed by atoms with E-state index in [1.165, 1.54) is 0 Å². The van der Waals surface area contributed by atoms with E-state index in [4.69, 9.17) is 16.7 Å². The highest BCUT2D eigenvalue weighted by molar-refractivity contribution is 6.31. The molecule has 1 fully saturated rings. The first-order valence-electron chi connectivity index (χ1n) is 5.60. The zero-order chi connectivity index (χ0) is 12.4. The molecule has 3 nitrogen and oxygen atoms in total. The van der Waals surface area contributed by atoms with E-state index in [2.05, 4.69) is 0 Å². The topological polar surface area (TPSA) is 54.4 Å². The Hall–Kier alpha value is -1.35. The van der Waals surface area contributed by atoms with E-state index in [1.807, 2.05) is 0 Å². The van der Waals surface area contributed by atoms with Crippen LogP contribution in [0.15, 0.2) is 24.3 Å². The highest BCUT2D eigenvalue weighted by Gasteiger charge is 2.34. The van der Waals surface area contributed by atoms with Gasteiger partial charge in [-0.05, 0) is 31.4 Å². The maximum Gasteiger partial charge on any atom is 0.306 e. The van der Waals surface area contributed by atoms with Crippen LogP contribution in [-0.2, 0) is 4.79 Å². The molecule has 0 aliphatic heterocycles. The number of carboxylic acid groups (broad SMARTS) is 1. The summed E-state index contributed by atoms with van der Waals surface area (Å²) in [5.74, 6) is -1.33. The molecule has 90 valence electrons. The maximum absolute atomic E-state index is 12.1. The van der Waals surface area contributed by atoms with Crippen LogP contribution in [0.5, 0.6) is 0 Å². The molecule has 1 aliphatic rings. The van der Waals surface area contributed by atoms with Crippen LogP contribution in [0, 0.1) is 11.8 Å². The molecule has 0 unspecified atom stereocenters. The van der Waals surface area contributed by atoms with Crippen LogP contribution >= 0.6 is 11.6 Å². The molecule has 0 aromatic heterocycles. The Bertz CT molecular complexity index is 456. The van der Waals surface area contributed by atoms with Gasteiger partial charge < -0.3 is 5.11 Å². The van der Waals surface area contributed by atoms with Crippen LogP contribution in [0.1, 0.15) is 29.6 Å². The van der Waals surface area contributed by atoms with Crippen LogP contribution in [-0.4, -0.2) is 16.9 Å². The summed E-state index contributed by atoms with van der Waals surface area (Å²) in [6.07, 6.45) is 1.69. The normalized spacial score (nSPS) is 23.6. The van der Waals surface area contributed by atoms with Gasteiger partial charge in [0.05, 0.1) is 5.92 Å². The van der Waals surface area contributed by atoms with Crippen LogP contribution in [0.4, 0.5) is 0 Å². The van der Waals surface area contributed by atoms with Gasteiger partial charge in [0, 0.05) is 16.5 Å². The molecule has 2 rings (SSSR count). The summed E-state index contributed by atoms with van der Waals surface area (Å²) in [6.45, 7) is 0. The highest BCUT2D eigenvalue weighted by Crippen LogP contribution is 2.33. The van der Waals surface area contributed by atoms with E-state index in [1.54, 1.807) is 24.3 Å². The van der Waals surface area contributed by atoms with Gasteiger partial charge in [0.15, 0.2) is 5.78 Å². The third-order valence-electron chi connectivity index (χ3n) is 3.26. The second-order valence-electron chi connectivity index (χ2n) is 4.42.